The molecule has 0 saturated heterocycles. The van der Waals surface area contributed by atoms with Crippen LogP contribution >= 0.6 is 15.9 Å². The Bertz CT molecular complexity index is 1110. The summed E-state index contributed by atoms with van der Waals surface area (Å²) in [5.74, 6) is -1.44. The fourth-order valence-electron chi connectivity index (χ4n) is 2.28. The number of guanidine groups is 1. The summed E-state index contributed by atoms with van der Waals surface area (Å²) in [4.78, 5) is 0. The Kier molecular flexibility index (Phi) is 6.41. The van der Waals surface area contributed by atoms with Crippen LogP contribution in [0.15, 0.2) is 50.7 Å². The van der Waals surface area contributed by atoms with Gasteiger partial charge in [-0.15, -0.1) is 0 Å². The van der Waals surface area contributed by atoms with Crippen molar-refractivity contribution in [3.05, 3.63) is 58.2 Å². The van der Waals surface area contributed by atoms with E-state index in [-0.39, 0.29) is 33.5 Å². The van der Waals surface area contributed by atoms with E-state index in [0.29, 0.717) is 11.4 Å². The van der Waals surface area contributed by atoms with Crippen molar-refractivity contribution in [1.82, 2.24) is 10.3 Å². The van der Waals surface area contributed by atoms with E-state index in [0.717, 1.165) is 6.07 Å². The first kappa shape index (κ1) is 21.0. The SMILES string of the molecule is COc1ccc(NC(=N)Nc2nonc2/C(=N/O)Nc2ccc(F)c(Br)c2)c(F)c1. The smallest absolute Gasteiger partial charge is 0.209 e. The standard InChI is InChI=1S/C17H14BrF2N7O3/c1-29-9-3-5-13(12(20)7-9)23-17(21)24-16-14(26-30-27-16)15(25-28)22-8-2-4-11(19)10(18)6-8/h2-7,28H,1H3,(H,22,25)(H3,21,23,24,27). The third-order valence-electron chi connectivity index (χ3n) is 3.67. The van der Waals surface area contributed by atoms with Crippen LogP contribution < -0.4 is 20.7 Å². The van der Waals surface area contributed by atoms with Crippen molar-refractivity contribution >= 4 is 44.9 Å². The maximum absolute atomic E-state index is 14.0. The molecule has 0 amide bonds. The van der Waals surface area contributed by atoms with E-state index in [1.807, 2.05) is 0 Å². The van der Waals surface area contributed by atoms with Crippen LogP contribution in [0.1, 0.15) is 5.69 Å². The topological polar surface area (TPSA) is 141 Å². The monoisotopic (exact) mass is 481 g/mol. The van der Waals surface area contributed by atoms with Crippen molar-refractivity contribution in [1.29, 1.82) is 5.41 Å². The molecule has 0 aliphatic heterocycles. The summed E-state index contributed by atoms with van der Waals surface area (Å²) < 4.78 is 37.2. The van der Waals surface area contributed by atoms with E-state index in [1.165, 1.54) is 37.4 Å². The molecular formula is C17H14BrF2N7O3. The van der Waals surface area contributed by atoms with E-state index in [2.05, 4.69) is 52.0 Å². The Labute approximate surface area is 176 Å². The van der Waals surface area contributed by atoms with Crippen molar-refractivity contribution in [3.63, 3.8) is 0 Å². The van der Waals surface area contributed by atoms with Gasteiger partial charge in [0.2, 0.25) is 11.7 Å². The summed E-state index contributed by atoms with van der Waals surface area (Å²) in [6, 6.07) is 8.08. The summed E-state index contributed by atoms with van der Waals surface area (Å²) in [5, 5.41) is 35.4. The first-order valence-corrected chi connectivity index (χ1v) is 8.93. The van der Waals surface area contributed by atoms with Gasteiger partial charge in [0.1, 0.15) is 17.4 Å². The molecule has 13 heteroatoms. The Morgan fingerprint density at radius 1 is 1.13 bits per heavy atom. The average Bonchev–Trinajstić information content (AvgIpc) is 3.18. The molecule has 0 radical (unpaired) electrons. The Morgan fingerprint density at radius 3 is 2.60 bits per heavy atom. The number of hydrogen-bond donors (Lipinski definition) is 5. The number of amidine groups is 1. The molecule has 0 atom stereocenters. The summed E-state index contributed by atoms with van der Waals surface area (Å²) in [7, 11) is 1.41. The van der Waals surface area contributed by atoms with Crippen molar-refractivity contribution in [2.45, 2.75) is 0 Å². The normalized spacial score (nSPS) is 11.1. The van der Waals surface area contributed by atoms with Gasteiger partial charge in [-0.2, -0.15) is 0 Å². The minimum Gasteiger partial charge on any atom is -0.497 e. The van der Waals surface area contributed by atoms with E-state index in [9.17, 15) is 14.0 Å². The van der Waals surface area contributed by atoms with Gasteiger partial charge in [-0.3, -0.25) is 5.41 Å². The maximum atomic E-state index is 14.0. The lowest BCUT2D eigenvalue weighted by molar-refractivity contribution is 0.305. The predicted octanol–water partition coefficient (Wildman–Crippen LogP) is 3.83. The van der Waals surface area contributed by atoms with Gasteiger partial charge in [0.05, 0.1) is 17.3 Å². The molecule has 5 N–H and O–H groups in total. The number of aromatic nitrogens is 2. The van der Waals surface area contributed by atoms with Gasteiger partial charge in [-0.05, 0) is 56.6 Å². The molecule has 0 fully saturated rings. The van der Waals surface area contributed by atoms with Gasteiger partial charge < -0.3 is 25.9 Å². The van der Waals surface area contributed by atoms with Crippen LogP contribution in [0.2, 0.25) is 0 Å². The van der Waals surface area contributed by atoms with Crippen molar-refractivity contribution < 1.29 is 23.4 Å². The number of benzene rings is 2. The minimum atomic E-state index is -0.638. The lowest BCUT2D eigenvalue weighted by Crippen LogP contribution is -2.24. The number of nitrogens with zero attached hydrogens (tertiary/aromatic N) is 3. The first-order chi connectivity index (χ1) is 14.4. The van der Waals surface area contributed by atoms with Gasteiger partial charge in [0.25, 0.3) is 0 Å². The van der Waals surface area contributed by atoms with E-state index in [4.69, 9.17) is 10.1 Å². The van der Waals surface area contributed by atoms with Crippen molar-refractivity contribution in [3.8, 4) is 5.75 Å². The second-order valence-corrected chi connectivity index (χ2v) is 6.49. The van der Waals surface area contributed by atoms with Crippen LogP contribution in [0.25, 0.3) is 0 Å². The predicted molar refractivity (Wildman–Crippen MR) is 108 cm³/mol. The number of methoxy groups -OCH3 is 1. The molecule has 1 aromatic heterocycles. The Hall–Kier alpha value is -3.74. The highest BCUT2D eigenvalue weighted by Crippen LogP contribution is 2.22. The van der Waals surface area contributed by atoms with Gasteiger partial charge in [0, 0.05) is 11.8 Å². The summed E-state index contributed by atoms with van der Waals surface area (Å²) >= 11 is 3.05. The molecule has 0 bridgehead atoms. The molecule has 1 heterocycles. The van der Waals surface area contributed by atoms with Crippen LogP contribution in [0.3, 0.4) is 0 Å². The molecular weight excluding hydrogens is 468 g/mol. The van der Waals surface area contributed by atoms with Crippen LogP contribution in [-0.2, 0) is 0 Å². The molecule has 3 aromatic rings. The minimum absolute atomic E-state index is 0.0108. The number of halogens is 3. The molecule has 156 valence electrons. The maximum Gasteiger partial charge on any atom is 0.209 e. The third kappa shape index (κ3) is 4.81. The number of ether oxygens (including phenoxy) is 1. The molecule has 0 saturated carbocycles. The molecule has 30 heavy (non-hydrogen) atoms. The van der Waals surface area contributed by atoms with Gasteiger partial charge in [-0.1, -0.05) is 5.16 Å². The second kappa shape index (κ2) is 9.17. The lowest BCUT2D eigenvalue weighted by Gasteiger charge is -2.11. The molecule has 0 unspecified atom stereocenters. The molecule has 0 spiro atoms. The first-order valence-electron chi connectivity index (χ1n) is 8.14. The fourth-order valence-corrected chi connectivity index (χ4v) is 2.66. The Balaban J connectivity index is 1.73. The molecule has 3 rings (SSSR count). The molecule has 0 aliphatic rings. The summed E-state index contributed by atoms with van der Waals surface area (Å²) in [6.45, 7) is 0. The molecule has 0 aliphatic carbocycles. The average molecular weight is 482 g/mol. The van der Waals surface area contributed by atoms with Crippen LogP contribution in [-0.4, -0.2) is 34.4 Å². The quantitative estimate of drug-likeness (QED) is 0.160. The number of oxime groups is 1. The highest BCUT2D eigenvalue weighted by Gasteiger charge is 2.19. The fraction of sp³-hybridized carbons (Fsp3) is 0.0588. The third-order valence-corrected chi connectivity index (χ3v) is 4.28. The summed E-state index contributed by atoms with van der Waals surface area (Å²) in [6.07, 6.45) is 0. The van der Waals surface area contributed by atoms with Crippen molar-refractivity contribution in [2.24, 2.45) is 5.16 Å². The van der Waals surface area contributed by atoms with Crippen molar-refractivity contribution in [2.75, 3.05) is 23.1 Å². The number of nitrogens with one attached hydrogen (secondary N) is 4. The van der Waals surface area contributed by atoms with Gasteiger partial charge in [0.15, 0.2) is 11.7 Å². The zero-order valence-corrected chi connectivity index (χ0v) is 16.8. The molecule has 2 aromatic carbocycles. The number of rotatable bonds is 5. The van der Waals surface area contributed by atoms with Gasteiger partial charge >= 0.3 is 0 Å². The largest absolute Gasteiger partial charge is 0.497 e. The highest BCUT2D eigenvalue weighted by atomic mass is 79.9. The van der Waals surface area contributed by atoms with E-state index in [1.54, 1.807) is 0 Å². The van der Waals surface area contributed by atoms with Crippen LogP contribution in [0.5, 0.6) is 5.75 Å². The van der Waals surface area contributed by atoms with E-state index < -0.39 is 11.6 Å². The molecule has 10 nitrogen and oxygen atoms in total. The highest BCUT2D eigenvalue weighted by molar-refractivity contribution is 9.10. The van der Waals surface area contributed by atoms with Gasteiger partial charge in [-0.25, -0.2) is 13.4 Å². The van der Waals surface area contributed by atoms with E-state index >= 15 is 0 Å². The zero-order valence-electron chi connectivity index (χ0n) is 15.2. The Morgan fingerprint density at radius 2 is 1.93 bits per heavy atom. The van der Waals surface area contributed by atoms with Crippen LogP contribution in [0, 0.1) is 17.0 Å². The second-order valence-electron chi connectivity index (χ2n) is 5.63. The number of hydrogen-bond acceptors (Lipinski definition) is 7. The zero-order chi connectivity index (χ0) is 21.7. The lowest BCUT2D eigenvalue weighted by atomic mass is 10.3. The van der Waals surface area contributed by atoms with Crippen LogP contribution in [0.4, 0.5) is 26.0 Å². The summed E-state index contributed by atoms with van der Waals surface area (Å²) in [5.41, 5.74) is 0.301. The number of anilines is 3.